The highest BCUT2D eigenvalue weighted by atomic mass is 16.2. The first kappa shape index (κ1) is 21.4. The molecule has 2 N–H and O–H groups in total. The fraction of sp³-hybridized carbons (Fsp3) is 0.640. The summed E-state index contributed by atoms with van der Waals surface area (Å²) < 4.78 is 1.74. The van der Waals surface area contributed by atoms with Gasteiger partial charge in [0.05, 0.1) is 0 Å². The molecule has 2 aromatic heterocycles. The second-order valence-electron chi connectivity index (χ2n) is 10.8. The van der Waals surface area contributed by atoms with E-state index in [9.17, 15) is 9.59 Å². The minimum Gasteiger partial charge on any atom is -0.351 e. The van der Waals surface area contributed by atoms with Crippen LogP contribution in [-0.4, -0.2) is 59.8 Å². The summed E-state index contributed by atoms with van der Waals surface area (Å²) in [7, 11) is 4.03. The molecule has 7 nitrogen and oxygen atoms in total. The van der Waals surface area contributed by atoms with Crippen molar-refractivity contribution in [3.8, 4) is 0 Å². The van der Waals surface area contributed by atoms with Gasteiger partial charge >= 0.3 is 0 Å². The van der Waals surface area contributed by atoms with E-state index in [4.69, 9.17) is 0 Å². The van der Waals surface area contributed by atoms with E-state index in [1.807, 2.05) is 32.3 Å². The molecule has 2 heterocycles. The van der Waals surface area contributed by atoms with Gasteiger partial charge in [-0.3, -0.25) is 14.0 Å². The number of nitrogens with zero attached hydrogens (tertiary/aromatic N) is 3. The second kappa shape index (κ2) is 8.50. The SMILES string of the molecule is CN(C)CCCNC(=O)c1cn2c(C(=O)NCC34CC5CC(CC(C5)C3)C4)cccc2n1. The van der Waals surface area contributed by atoms with Crippen LogP contribution in [-0.2, 0) is 0 Å². The third-order valence-corrected chi connectivity index (χ3v) is 7.81. The quantitative estimate of drug-likeness (QED) is 0.623. The smallest absolute Gasteiger partial charge is 0.271 e. The maximum absolute atomic E-state index is 13.1. The Bertz CT molecular complexity index is 976. The number of hydrogen-bond acceptors (Lipinski definition) is 4. The van der Waals surface area contributed by atoms with E-state index in [0.717, 1.165) is 37.3 Å². The van der Waals surface area contributed by atoms with Gasteiger partial charge in [-0.1, -0.05) is 6.07 Å². The summed E-state index contributed by atoms with van der Waals surface area (Å²) in [6.45, 7) is 2.28. The number of carbonyl (C=O) groups excluding carboxylic acids is 2. The number of fused-ring (bicyclic) bond motifs is 1. The average molecular weight is 438 g/mol. The van der Waals surface area contributed by atoms with Crippen molar-refractivity contribution in [1.82, 2.24) is 24.9 Å². The predicted octanol–water partition coefficient (Wildman–Crippen LogP) is 2.96. The molecule has 4 aliphatic carbocycles. The van der Waals surface area contributed by atoms with Crippen LogP contribution in [0.2, 0.25) is 0 Å². The maximum atomic E-state index is 13.1. The molecule has 4 aliphatic rings. The zero-order valence-electron chi connectivity index (χ0n) is 19.3. The van der Waals surface area contributed by atoms with Crippen molar-refractivity contribution in [2.24, 2.45) is 23.2 Å². The van der Waals surface area contributed by atoms with Gasteiger partial charge in [0, 0.05) is 19.3 Å². The first-order chi connectivity index (χ1) is 15.4. The highest BCUT2D eigenvalue weighted by Gasteiger charge is 2.50. The summed E-state index contributed by atoms with van der Waals surface area (Å²) in [6.07, 6.45) is 10.6. The van der Waals surface area contributed by atoms with Crippen LogP contribution in [0.3, 0.4) is 0 Å². The van der Waals surface area contributed by atoms with Gasteiger partial charge in [-0.2, -0.15) is 0 Å². The van der Waals surface area contributed by atoms with Crippen LogP contribution in [0.5, 0.6) is 0 Å². The molecule has 4 fully saturated rings. The van der Waals surface area contributed by atoms with E-state index >= 15 is 0 Å². The number of imidazole rings is 1. The van der Waals surface area contributed by atoms with Gasteiger partial charge in [0.1, 0.15) is 17.0 Å². The molecule has 7 heteroatoms. The van der Waals surface area contributed by atoms with E-state index in [0.29, 0.717) is 29.0 Å². The van der Waals surface area contributed by atoms with Crippen LogP contribution >= 0.6 is 0 Å². The third kappa shape index (κ3) is 4.27. The van der Waals surface area contributed by atoms with Gasteiger partial charge in [-0.25, -0.2) is 4.98 Å². The molecule has 4 bridgehead atoms. The molecule has 0 radical (unpaired) electrons. The predicted molar refractivity (Wildman–Crippen MR) is 124 cm³/mol. The zero-order valence-corrected chi connectivity index (χ0v) is 19.3. The van der Waals surface area contributed by atoms with Crippen molar-refractivity contribution >= 4 is 17.5 Å². The number of nitrogens with one attached hydrogen (secondary N) is 2. The van der Waals surface area contributed by atoms with Gasteiger partial charge < -0.3 is 15.5 Å². The lowest BCUT2D eigenvalue weighted by molar-refractivity contribution is -0.0503. The molecule has 6 rings (SSSR count). The summed E-state index contributed by atoms with van der Waals surface area (Å²) in [5, 5.41) is 6.17. The fourth-order valence-electron chi connectivity index (χ4n) is 6.86. The minimum absolute atomic E-state index is 0.0818. The molecule has 0 saturated heterocycles. The van der Waals surface area contributed by atoms with Gasteiger partial charge in [0.15, 0.2) is 0 Å². The number of rotatable bonds is 8. The van der Waals surface area contributed by atoms with E-state index < -0.39 is 0 Å². The Morgan fingerprint density at radius 2 is 1.75 bits per heavy atom. The van der Waals surface area contributed by atoms with E-state index in [-0.39, 0.29) is 11.8 Å². The first-order valence-corrected chi connectivity index (χ1v) is 12.1. The molecule has 2 amide bonds. The Hall–Kier alpha value is -2.41. The largest absolute Gasteiger partial charge is 0.351 e. The lowest BCUT2D eigenvalue weighted by atomic mass is 9.49. The van der Waals surface area contributed by atoms with Gasteiger partial charge in [-0.05, 0) is 101 Å². The lowest BCUT2D eigenvalue weighted by Crippen LogP contribution is -2.51. The topological polar surface area (TPSA) is 78.7 Å². The Morgan fingerprint density at radius 3 is 2.41 bits per heavy atom. The summed E-state index contributed by atoms with van der Waals surface area (Å²) in [5.41, 5.74) is 1.79. The van der Waals surface area contributed by atoms with Crippen molar-refractivity contribution < 1.29 is 9.59 Å². The molecule has 4 saturated carbocycles. The molecule has 0 spiro atoms. The van der Waals surface area contributed by atoms with E-state index in [2.05, 4.69) is 20.5 Å². The van der Waals surface area contributed by atoms with E-state index in [1.165, 1.54) is 38.5 Å². The Morgan fingerprint density at radius 1 is 1.06 bits per heavy atom. The van der Waals surface area contributed by atoms with Crippen LogP contribution in [0, 0.1) is 23.2 Å². The molecular formula is C25H35N5O2. The van der Waals surface area contributed by atoms with Crippen molar-refractivity contribution in [2.45, 2.75) is 44.9 Å². The zero-order chi connectivity index (χ0) is 22.3. The van der Waals surface area contributed by atoms with Gasteiger partial charge in [0.2, 0.25) is 0 Å². The summed E-state index contributed by atoms with van der Waals surface area (Å²) in [4.78, 5) is 32.2. The number of pyridine rings is 1. The molecule has 2 aromatic rings. The van der Waals surface area contributed by atoms with E-state index in [1.54, 1.807) is 10.6 Å². The lowest BCUT2D eigenvalue weighted by Gasteiger charge is -2.56. The van der Waals surface area contributed by atoms with Crippen molar-refractivity contribution in [3.05, 3.63) is 35.8 Å². The van der Waals surface area contributed by atoms with Gasteiger partial charge in [-0.15, -0.1) is 0 Å². The van der Waals surface area contributed by atoms with Crippen LogP contribution in [0.15, 0.2) is 24.4 Å². The van der Waals surface area contributed by atoms with Crippen LogP contribution in [0.4, 0.5) is 0 Å². The second-order valence-corrected chi connectivity index (χ2v) is 10.8. The normalized spacial score (nSPS) is 28.4. The summed E-state index contributed by atoms with van der Waals surface area (Å²) in [5.74, 6) is 2.33. The third-order valence-electron chi connectivity index (χ3n) is 7.81. The standard InChI is InChI=1S/C25H35N5O2/c1-29(2)8-4-7-26-23(31)20-15-30-21(5-3-6-22(30)28-20)24(32)27-16-25-12-17-9-18(13-25)11-19(10-17)14-25/h3,5-6,15,17-19H,4,7-14,16H2,1-2H3,(H,26,31)(H,27,32). The monoisotopic (exact) mass is 437 g/mol. The fourth-order valence-corrected chi connectivity index (χ4v) is 6.86. The first-order valence-electron chi connectivity index (χ1n) is 12.1. The Labute approximate surface area is 190 Å². The number of aromatic nitrogens is 2. The summed E-state index contributed by atoms with van der Waals surface area (Å²) in [6, 6.07) is 5.47. The minimum atomic E-state index is -0.201. The molecular weight excluding hydrogens is 402 g/mol. The highest BCUT2D eigenvalue weighted by molar-refractivity contribution is 5.95. The Balaban J connectivity index is 1.25. The van der Waals surface area contributed by atoms with Crippen molar-refractivity contribution in [1.29, 1.82) is 0 Å². The molecule has 32 heavy (non-hydrogen) atoms. The van der Waals surface area contributed by atoms with Gasteiger partial charge in [0.25, 0.3) is 11.8 Å². The molecule has 0 unspecified atom stereocenters. The number of hydrogen-bond donors (Lipinski definition) is 2. The Kier molecular flexibility index (Phi) is 5.70. The highest BCUT2D eigenvalue weighted by Crippen LogP contribution is 2.59. The van der Waals surface area contributed by atoms with Crippen molar-refractivity contribution in [2.75, 3.05) is 33.7 Å². The van der Waals surface area contributed by atoms with Crippen LogP contribution < -0.4 is 10.6 Å². The van der Waals surface area contributed by atoms with Crippen molar-refractivity contribution in [3.63, 3.8) is 0 Å². The molecule has 0 atom stereocenters. The molecule has 0 aromatic carbocycles. The molecule has 172 valence electrons. The number of carbonyl (C=O) groups is 2. The summed E-state index contributed by atoms with van der Waals surface area (Å²) >= 11 is 0. The average Bonchev–Trinajstić information content (AvgIpc) is 3.18. The van der Waals surface area contributed by atoms with Crippen LogP contribution in [0.1, 0.15) is 65.9 Å². The number of amides is 2. The maximum Gasteiger partial charge on any atom is 0.271 e. The molecule has 0 aliphatic heterocycles. The van der Waals surface area contributed by atoms with Crippen LogP contribution in [0.25, 0.3) is 5.65 Å².